The molecule has 0 aromatic carbocycles. The van der Waals surface area contributed by atoms with Crippen molar-refractivity contribution in [1.29, 1.82) is 0 Å². The van der Waals surface area contributed by atoms with Gasteiger partial charge in [0.05, 0.1) is 0 Å². The largest absolute Gasteiger partial charge is 0.228 e. The first kappa shape index (κ1) is 13.0. The van der Waals surface area contributed by atoms with E-state index < -0.39 is 0 Å². The van der Waals surface area contributed by atoms with E-state index in [9.17, 15) is 0 Å². The molecule has 1 heterocycles. The Labute approximate surface area is 104 Å². The van der Waals surface area contributed by atoms with Crippen LogP contribution in [0, 0.1) is 26.7 Å². The van der Waals surface area contributed by atoms with Crippen LogP contribution in [0.25, 0.3) is 0 Å². The Bertz CT molecular complexity index is 318. The van der Waals surface area contributed by atoms with Gasteiger partial charge >= 0.3 is 0 Å². The molecule has 0 spiro atoms. The zero-order chi connectivity index (χ0) is 11.4. The van der Waals surface area contributed by atoms with Gasteiger partial charge in [0.1, 0.15) is 0 Å². The van der Waals surface area contributed by atoms with Crippen molar-refractivity contribution in [2.24, 2.45) is 5.92 Å². The molecular weight excluding hydrogens is 272 g/mol. The number of halogens is 1. The fourth-order valence-electron chi connectivity index (χ4n) is 1.07. The number of aromatic nitrogens is 2. The van der Waals surface area contributed by atoms with Crippen molar-refractivity contribution in [3.05, 3.63) is 17.0 Å². The van der Waals surface area contributed by atoms with Crippen LogP contribution in [0.3, 0.4) is 0 Å². The highest BCUT2D eigenvalue weighted by Gasteiger charge is 2.07. The first-order valence-electron chi connectivity index (χ1n) is 5.05. The second-order valence-electron chi connectivity index (χ2n) is 3.87. The van der Waals surface area contributed by atoms with Crippen LogP contribution in [0.2, 0.25) is 0 Å². The van der Waals surface area contributed by atoms with Gasteiger partial charge < -0.3 is 0 Å². The molecule has 0 amide bonds. The number of rotatable bonds is 4. The van der Waals surface area contributed by atoms with Crippen molar-refractivity contribution in [1.82, 2.24) is 9.97 Å². The highest BCUT2D eigenvalue weighted by atomic mass is 79.9. The van der Waals surface area contributed by atoms with E-state index in [0.29, 0.717) is 5.92 Å². The molecule has 0 saturated carbocycles. The minimum atomic E-state index is 0.653. The van der Waals surface area contributed by atoms with Crippen LogP contribution in [0.15, 0.2) is 5.16 Å². The van der Waals surface area contributed by atoms with Gasteiger partial charge in [0.2, 0.25) is 0 Å². The molecule has 84 valence electrons. The summed E-state index contributed by atoms with van der Waals surface area (Å²) in [4.78, 5) is 8.95. The Morgan fingerprint density at radius 1 is 1.20 bits per heavy atom. The van der Waals surface area contributed by atoms with E-state index >= 15 is 0 Å². The zero-order valence-electron chi connectivity index (χ0n) is 9.67. The van der Waals surface area contributed by atoms with Gasteiger partial charge in [-0.2, -0.15) is 0 Å². The molecule has 0 aliphatic rings. The molecule has 0 aliphatic heterocycles. The van der Waals surface area contributed by atoms with E-state index in [1.807, 2.05) is 13.8 Å². The molecule has 0 aliphatic carbocycles. The van der Waals surface area contributed by atoms with Crippen LogP contribution >= 0.6 is 27.7 Å². The van der Waals surface area contributed by atoms with E-state index in [1.54, 1.807) is 11.8 Å². The standard InChI is InChI=1S/C11H17BrN2S/c1-7(5-12)6-15-11-13-9(3)8(2)10(4)14-11/h7H,5-6H2,1-4H3. The Morgan fingerprint density at radius 3 is 2.20 bits per heavy atom. The first-order chi connectivity index (χ1) is 7.04. The van der Waals surface area contributed by atoms with Crippen molar-refractivity contribution >= 4 is 27.7 Å². The van der Waals surface area contributed by atoms with Gasteiger partial charge in [0.15, 0.2) is 5.16 Å². The molecule has 0 bridgehead atoms. The maximum atomic E-state index is 4.48. The number of aryl methyl sites for hydroxylation is 2. The predicted octanol–water partition coefficient (Wildman–Crippen LogP) is 3.52. The van der Waals surface area contributed by atoms with Crippen LogP contribution < -0.4 is 0 Å². The van der Waals surface area contributed by atoms with E-state index in [-0.39, 0.29) is 0 Å². The Hall–Kier alpha value is -0.0900. The van der Waals surface area contributed by atoms with Crippen LogP contribution in [0.5, 0.6) is 0 Å². The minimum Gasteiger partial charge on any atom is -0.228 e. The molecule has 1 atom stereocenters. The predicted molar refractivity (Wildman–Crippen MR) is 69.9 cm³/mol. The molecule has 0 N–H and O–H groups in total. The summed E-state index contributed by atoms with van der Waals surface area (Å²) in [6, 6.07) is 0. The number of hydrogen-bond donors (Lipinski definition) is 0. The second-order valence-corrected chi connectivity index (χ2v) is 5.51. The van der Waals surface area contributed by atoms with E-state index in [4.69, 9.17) is 0 Å². The molecule has 1 aromatic rings. The van der Waals surface area contributed by atoms with Gasteiger partial charge in [-0.05, 0) is 32.3 Å². The Morgan fingerprint density at radius 2 is 1.73 bits per heavy atom. The van der Waals surface area contributed by atoms with Gasteiger partial charge in [-0.15, -0.1) is 0 Å². The van der Waals surface area contributed by atoms with Gasteiger partial charge in [-0.25, -0.2) is 9.97 Å². The van der Waals surface area contributed by atoms with Crippen LogP contribution in [-0.4, -0.2) is 21.1 Å². The number of thioether (sulfide) groups is 1. The van der Waals surface area contributed by atoms with E-state index in [0.717, 1.165) is 27.6 Å². The molecular formula is C11H17BrN2S. The monoisotopic (exact) mass is 288 g/mol. The van der Waals surface area contributed by atoms with Crippen molar-refractivity contribution in [2.45, 2.75) is 32.9 Å². The average molecular weight is 289 g/mol. The molecule has 0 saturated heterocycles. The second kappa shape index (κ2) is 5.85. The quantitative estimate of drug-likeness (QED) is 0.482. The fraction of sp³-hybridized carbons (Fsp3) is 0.636. The third-order valence-corrected chi connectivity index (χ3v) is 4.65. The third-order valence-electron chi connectivity index (χ3n) is 2.37. The topological polar surface area (TPSA) is 25.8 Å². The molecule has 4 heteroatoms. The number of alkyl halides is 1. The normalized spacial score (nSPS) is 12.9. The maximum absolute atomic E-state index is 4.48. The summed E-state index contributed by atoms with van der Waals surface area (Å²) in [5.74, 6) is 1.72. The molecule has 15 heavy (non-hydrogen) atoms. The zero-order valence-corrected chi connectivity index (χ0v) is 12.1. The molecule has 2 nitrogen and oxygen atoms in total. The third kappa shape index (κ3) is 3.76. The van der Waals surface area contributed by atoms with E-state index in [2.05, 4.69) is 39.7 Å². The summed E-state index contributed by atoms with van der Waals surface area (Å²) in [6.45, 7) is 8.37. The Balaban J connectivity index is 2.70. The van der Waals surface area contributed by atoms with Gasteiger partial charge in [0, 0.05) is 22.5 Å². The first-order valence-corrected chi connectivity index (χ1v) is 7.16. The van der Waals surface area contributed by atoms with Gasteiger partial charge in [0.25, 0.3) is 0 Å². The van der Waals surface area contributed by atoms with Crippen molar-refractivity contribution in [3.8, 4) is 0 Å². The minimum absolute atomic E-state index is 0.653. The summed E-state index contributed by atoms with van der Waals surface area (Å²) < 4.78 is 0. The lowest BCUT2D eigenvalue weighted by Crippen LogP contribution is -2.02. The summed E-state index contributed by atoms with van der Waals surface area (Å²) in [5.41, 5.74) is 3.39. The molecule has 1 rings (SSSR count). The maximum Gasteiger partial charge on any atom is 0.188 e. The van der Waals surface area contributed by atoms with Crippen LogP contribution in [0.1, 0.15) is 23.9 Å². The lowest BCUT2D eigenvalue weighted by atomic mass is 10.2. The highest BCUT2D eigenvalue weighted by Crippen LogP contribution is 2.20. The number of hydrogen-bond acceptors (Lipinski definition) is 3. The summed E-state index contributed by atoms with van der Waals surface area (Å²) in [7, 11) is 0. The summed E-state index contributed by atoms with van der Waals surface area (Å²) >= 11 is 5.21. The smallest absolute Gasteiger partial charge is 0.188 e. The van der Waals surface area contributed by atoms with Crippen molar-refractivity contribution in [2.75, 3.05) is 11.1 Å². The highest BCUT2D eigenvalue weighted by molar-refractivity contribution is 9.09. The summed E-state index contributed by atoms with van der Waals surface area (Å²) in [6.07, 6.45) is 0. The van der Waals surface area contributed by atoms with Crippen molar-refractivity contribution in [3.63, 3.8) is 0 Å². The van der Waals surface area contributed by atoms with E-state index in [1.165, 1.54) is 5.56 Å². The number of nitrogens with zero attached hydrogens (tertiary/aromatic N) is 2. The van der Waals surface area contributed by atoms with Crippen LogP contribution in [0.4, 0.5) is 0 Å². The lowest BCUT2D eigenvalue weighted by Gasteiger charge is -2.08. The van der Waals surface area contributed by atoms with Gasteiger partial charge in [-0.3, -0.25) is 0 Å². The SMILES string of the molecule is Cc1nc(SCC(C)CBr)nc(C)c1C. The Kier molecular flexibility index (Phi) is 5.06. The summed E-state index contributed by atoms with van der Waals surface area (Å²) in [5, 5.41) is 1.94. The molecule has 1 aromatic heterocycles. The average Bonchev–Trinajstić information content (AvgIpc) is 2.22. The van der Waals surface area contributed by atoms with Gasteiger partial charge in [-0.1, -0.05) is 34.6 Å². The molecule has 1 unspecified atom stereocenters. The van der Waals surface area contributed by atoms with Crippen molar-refractivity contribution < 1.29 is 0 Å². The molecule has 0 fully saturated rings. The van der Waals surface area contributed by atoms with Crippen LogP contribution in [-0.2, 0) is 0 Å². The molecule has 0 radical (unpaired) electrons. The fourth-order valence-corrected chi connectivity index (χ4v) is 2.55. The lowest BCUT2D eigenvalue weighted by molar-refractivity contribution is 0.765.